The maximum absolute atomic E-state index is 12.6. The van der Waals surface area contributed by atoms with Crippen LogP contribution in [0.4, 0.5) is 0 Å². The van der Waals surface area contributed by atoms with Crippen LogP contribution in [0.5, 0.6) is 0 Å². The van der Waals surface area contributed by atoms with Crippen molar-refractivity contribution in [3.8, 4) is 0 Å². The summed E-state index contributed by atoms with van der Waals surface area (Å²) in [7, 11) is 2.41. The zero-order valence-electron chi connectivity index (χ0n) is 16.2. The summed E-state index contributed by atoms with van der Waals surface area (Å²) >= 11 is -0.830. The Morgan fingerprint density at radius 3 is 1.47 bits per heavy atom. The molecular formula is C20H16N2O6S2Se2. The number of hydrogen-bond acceptors (Lipinski definition) is 6. The monoisotopic (exact) mass is 604 g/mol. The van der Waals surface area contributed by atoms with Crippen LogP contribution in [0.1, 0.15) is 12.1 Å². The van der Waals surface area contributed by atoms with Crippen LogP contribution < -0.4 is 11.1 Å². The molecule has 0 radical (unpaired) electrons. The molecule has 0 aliphatic rings. The van der Waals surface area contributed by atoms with Gasteiger partial charge in [-0.15, -0.1) is 0 Å². The molecule has 2 heterocycles. The third kappa shape index (κ3) is 4.57. The number of hydrogen-bond donors (Lipinski definition) is 2. The Hall–Kier alpha value is -1.94. The van der Waals surface area contributed by atoms with E-state index < -0.39 is 53.5 Å². The van der Waals surface area contributed by atoms with Gasteiger partial charge in [0.15, 0.2) is 0 Å². The third-order valence-electron chi connectivity index (χ3n) is 4.70. The SMILES string of the molecule is O=C(O)C(CSSCC(C(=O)O)n1[se]c2ccccc2c1=O)n1[se]c2ccccc2c1=O. The van der Waals surface area contributed by atoms with Gasteiger partial charge in [0.25, 0.3) is 0 Å². The summed E-state index contributed by atoms with van der Waals surface area (Å²) in [6, 6.07) is 12.2. The molecule has 0 aliphatic carbocycles. The molecule has 0 saturated heterocycles. The zero-order valence-corrected chi connectivity index (χ0v) is 21.3. The number of aromatic nitrogens is 2. The van der Waals surface area contributed by atoms with Crippen LogP contribution in [0.3, 0.4) is 0 Å². The minimum atomic E-state index is -1.09. The van der Waals surface area contributed by atoms with Gasteiger partial charge in [-0.25, -0.2) is 0 Å². The molecule has 0 bridgehead atoms. The van der Waals surface area contributed by atoms with Crippen molar-refractivity contribution >= 4 is 82.3 Å². The zero-order chi connectivity index (χ0) is 22.8. The van der Waals surface area contributed by atoms with Gasteiger partial charge in [-0.2, -0.15) is 0 Å². The summed E-state index contributed by atoms with van der Waals surface area (Å²) in [6.45, 7) is 0. The van der Waals surface area contributed by atoms with Gasteiger partial charge in [0.1, 0.15) is 0 Å². The second-order valence-electron chi connectivity index (χ2n) is 6.71. The molecule has 166 valence electrons. The van der Waals surface area contributed by atoms with Gasteiger partial charge in [0, 0.05) is 0 Å². The molecular weight excluding hydrogens is 586 g/mol. The Labute approximate surface area is 201 Å². The predicted octanol–water partition coefficient (Wildman–Crippen LogP) is 1.76. The topological polar surface area (TPSA) is 119 Å². The van der Waals surface area contributed by atoms with Gasteiger partial charge in [-0.3, -0.25) is 0 Å². The second kappa shape index (κ2) is 9.91. The first-order valence-corrected chi connectivity index (χ1v) is 15.0. The number of rotatable bonds is 9. The Morgan fingerprint density at radius 2 is 1.12 bits per heavy atom. The van der Waals surface area contributed by atoms with Gasteiger partial charge in [-0.05, 0) is 0 Å². The number of benzene rings is 2. The van der Waals surface area contributed by atoms with Crippen LogP contribution in [-0.2, 0) is 9.59 Å². The van der Waals surface area contributed by atoms with Crippen molar-refractivity contribution < 1.29 is 19.8 Å². The van der Waals surface area contributed by atoms with Crippen molar-refractivity contribution in [2.45, 2.75) is 12.1 Å². The molecule has 2 aromatic heterocycles. The van der Waals surface area contributed by atoms with Gasteiger partial charge in [0.2, 0.25) is 0 Å². The van der Waals surface area contributed by atoms with Crippen molar-refractivity contribution in [3.63, 3.8) is 0 Å². The van der Waals surface area contributed by atoms with Crippen LogP contribution in [0.25, 0.3) is 19.3 Å². The van der Waals surface area contributed by atoms with Crippen LogP contribution in [-0.4, -0.2) is 70.2 Å². The number of aliphatic carboxylic acids is 2. The normalized spacial score (nSPS) is 13.4. The first-order chi connectivity index (χ1) is 15.4. The van der Waals surface area contributed by atoms with E-state index in [9.17, 15) is 29.4 Å². The fourth-order valence-corrected chi connectivity index (χ4v) is 10.4. The molecule has 0 amide bonds. The average molecular weight is 602 g/mol. The number of carboxylic acids is 2. The summed E-state index contributed by atoms with van der Waals surface area (Å²) in [6.07, 6.45) is 0. The van der Waals surface area contributed by atoms with Gasteiger partial charge < -0.3 is 0 Å². The summed E-state index contributed by atoms with van der Waals surface area (Å²) < 4.78 is 4.50. The van der Waals surface area contributed by atoms with Crippen LogP contribution in [0.2, 0.25) is 0 Å². The van der Waals surface area contributed by atoms with E-state index in [1.165, 1.54) is 28.7 Å². The third-order valence-corrected chi connectivity index (χ3v) is 12.0. The fraction of sp³-hybridized carbons (Fsp3) is 0.200. The molecule has 4 aromatic rings. The molecule has 32 heavy (non-hydrogen) atoms. The molecule has 0 aliphatic heterocycles. The van der Waals surface area contributed by atoms with E-state index in [-0.39, 0.29) is 22.6 Å². The summed E-state index contributed by atoms with van der Waals surface area (Å²) in [5.74, 6) is -1.95. The molecule has 0 fully saturated rings. The summed E-state index contributed by atoms with van der Waals surface area (Å²) in [5.41, 5.74) is -0.574. The summed E-state index contributed by atoms with van der Waals surface area (Å²) in [4.78, 5) is 49.0. The Bertz CT molecular complexity index is 1310. The van der Waals surface area contributed by atoms with Crippen LogP contribution >= 0.6 is 21.6 Å². The molecule has 2 N–H and O–H groups in total. The number of carbonyl (C=O) groups is 2. The van der Waals surface area contributed by atoms with Crippen molar-refractivity contribution in [2.24, 2.45) is 0 Å². The van der Waals surface area contributed by atoms with Crippen molar-refractivity contribution in [1.82, 2.24) is 7.12 Å². The predicted molar refractivity (Wildman–Crippen MR) is 129 cm³/mol. The Balaban J connectivity index is 1.48. The molecule has 8 nitrogen and oxygen atoms in total. The summed E-state index contributed by atoms with van der Waals surface area (Å²) in [5, 5.41) is 20.4. The first-order valence-electron chi connectivity index (χ1n) is 9.29. The molecule has 2 unspecified atom stereocenters. The van der Waals surface area contributed by atoms with E-state index in [4.69, 9.17) is 0 Å². The molecule has 12 heteroatoms. The molecule has 2 aromatic carbocycles. The Kier molecular flexibility index (Phi) is 7.19. The van der Waals surface area contributed by atoms with Gasteiger partial charge in [-0.1, -0.05) is 0 Å². The molecule has 0 spiro atoms. The van der Waals surface area contributed by atoms with Crippen molar-refractivity contribution in [2.75, 3.05) is 11.5 Å². The molecule has 2 atom stereocenters. The van der Waals surface area contributed by atoms with E-state index in [2.05, 4.69) is 0 Å². The molecule has 4 rings (SSSR count). The molecule has 0 saturated carbocycles. The van der Waals surface area contributed by atoms with Crippen molar-refractivity contribution in [1.29, 1.82) is 0 Å². The Morgan fingerprint density at radius 1 is 0.750 bits per heavy atom. The van der Waals surface area contributed by atoms with Gasteiger partial charge >= 0.3 is 202 Å². The first kappa shape index (κ1) is 23.2. The number of nitrogens with zero attached hydrogens (tertiary/aromatic N) is 2. The van der Waals surface area contributed by atoms with Crippen LogP contribution in [0, 0.1) is 0 Å². The van der Waals surface area contributed by atoms with Crippen LogP contribution in [0.15, 0.2) is 58.1 Å². The van der Waals surface area contributed by atoms with E-state index in [1.54, 1.807) is 24.3 Å². The minimum absolute atomic E-state index is 0.118. The van der Waals surface area contributed by atoms with E-state index >= 15 is 0 Å². The number of carboxylic acid groups (broad SMARTS) is 2. The number of fused-ring (bicyclic) bond motifs is 2. The van der Waals surface area contributed by atoms with E-state index in [0.717, 1.165) is 8.52 Å². The fourth-order valence-electron chi connectivity index (χ4n) is 3.09. The maximum atomic E-state index is 12.6. The van der Waals surface area contributed by atoms with Crippen molar-refractivity contribution in [3.05, 3.63) is 69.2 Å². The quantitative estimate of drug-likeness (QED) is 0.169. The standard InChI is InChI=1S/C20H16N2O6S2Se2/c23-17-11-5-1-3-7-15(11)31-21(17)13(19(25)26)9-29-30-10-14(20(27)28)22-18(24)12-6-2-4-8-16(12)32-22/h1-8,13-14H,9-10H2,(H,25,26)(H,27,28). The van der Waals surface area contributed by atoms with Gasteiger partial charge in [0.05, 0.1) is 0 Å². The average Bonchev–Trinajstić information content (AvgIpc) is 3.28. The second-order valence-corrected chi connectivity index (χ2v) is 13.5. The van der Waals surface area contributed by atoms with E-state index in [0.29, 0.717) is 10.8 Å². The van der Waals surface area contributed by atoms with E-state index in [1.807, 2.05) is 24.3 Å².